The normalized spacial score (nSPS) is 19.7. The average Bonchev–Trinajstić information content (AvgIpc) is 2.73. The van der Waals surface area contributed by atoms with Crippen molar-refractivity contribution in [3.05, 3.63) is 46.6 Å². The van der Waals surface area contributed by atoms with Crippen molar-refractivity contribution in [1.82, 2.24) is 0 Å². The number of rotatable bonds is 0. The van der Waals surface area contributed by atoms with E-state index in [9.17, 15) is 0 Å². The summed E-state index contributed by atoms with van der Waals surface area (Å²) in [5.41, 5.74) is 5.52. The molecule has 0 N–H and O–H groups in total. The molecule has 0 amide bonds. The number of halogens is 2. The summed E-state index contributed by atoms with van der Waals surface area (Å²) in [5, 5.41) is 0. The van der Waals surface area contributed by atoms with Crippen molar-refractivity contribution in [3.63, 3.8) is 0 Å². The smallest absolute Gasteiger partial charge is 0.270 e. The molecule has 2 aliphatic rings. The van der Waals surface area contributed by atoms with Crippen LogP contribution in [-0.4, -0.2) is 0 Å². The molecule has 0 bridgehead atoms. The molecule has 0 aromatic rings. The van der Waals surface area contributed by atoms with E-state index >= 15 is 0 Å². The van der Waals surface area contributed by atoms with Crippen LogP contribution in [0.25, 0.3) is 0 Å². The van der Waals surface area contributed by atoms with Gasteiger partial charge in [0.1, 0.15) is 0 Å². The van der Waals surface area contributed by atoms with Crippen LogP contribution in [0.5, 0.6) is 0 Å². The summed E-state index contributed by atoms with van der Waals surface area (Å²) in [6.45, 7) is 10.7. The van der Waals surface area contributed by atoms with Crippen molar-refractivity contribution in [3.8, 4) is 0 Å². The molecular formula is C15H22Cl2Zr. The standard InChI is InChI=1S/C9H13.C6H7.2ClH.Zr/c1-6-5-7(2)9(4)8(6)3;1-6-4-2-3-5-6;;;/h6H,1-4H3;2,4H,3H2,1H3;2*1H;/q2*-1;;;+2. The fourth-order valence-electron chi connectivity index (χ4n) is 1.68. The minimum Gasteiger partial charge on any atom is -0.270 e. The molecule has 1 unspecified atom stereocenters. The van der Waals surface area contributed by atoms with Crippen molar-refractivity contribution in [1.29, 1.82) is 0 Å². The zero-order valence-electron chi connectivity index (χ0n) is 11.8. The van der Waals surface area contributed by atoms with E-state index in [-0.39, 0.29) is 51.0 Å². The van der Waals surface area contributed by atoms with Crippen molar-refractivity contribution in [2.24, 2.45) is 5.92 Å². The maximum Gasteiger partial charge on any atom is 2.00 e. The first kappa shape index (κ1) is 23.5. The van der Waals surface area contributed by atoms with E-state index < -0.39 is 0 Å². The van der Waals surface area contributed by atoms with E-state index in [2.05, 4.69) is 58.9 Å². The third-order valence-electron chi connectivity index (χ3n) is 3.10. The molecule has 0 spiro atoms. The van der Waals surface area contributed by atoms with Crippen LogP contribution < -0.4 is 0 Å². The summed E-state index contributed by atoms with van der Waals surface area (Å²) in [4.78, 5) is 0. The van der Waals surface area contributed by atoms with Gasteiger partial charge in [0.15, 0.2) is 0 Å². The molecule has 18 heavy (non-hydrogen) atoms. The van der Waals surface area contributed by atoms with Gasteiger partial charge in [0.05, 0.1) is 0 Å². The summed E-state index contributed by atoms with van der Waals surface area (Å²) in [6.07, 6.45) is 11.7. The first-order valence-corrected chi connectivity index (χ1v) is 5.54. The van der Waals surface area contributed by atoms with Crippen LogP contribution in [0.1, 0.15) is 41.0 Å². The predicted molar refractivity (Wildman–Crippen MR) is 80.7 cm³/mol. The van der Waals surface area contributed by atoms with Crippen LogP contribution in [0.15, 0.2) is 34.4 Å². The molecule has 0 aromatic heterocycles. The molecule has 0 heterocycles. The van der Waals surface area contributed by atoms with E-state index in [4.69, 9.17) is 0 Å². The van der Waals surface area contributed by atoms with Crippen molar-refractivity contribution in [2.75, 3.05) is 0 Å². The number of hydrogen-bond donors (Lipinski definition) is 0. The van der Waals surface area contributed by atoms with Crippen LogP contribution in [0, 0.1) is 18.1 Å². The van der Waals surface area contributed by atoms with Gasteiger partial charge in [-0.3, -0.25) is 12.2 Å². The van der Waals surface area contributed by atoms with Gasteiger partial charge in [-0.1, -0.05) is 33.6 Å². The van der Waals surface area contributed by atoms with E-state index in [1.807, 2.05) is 0 Å². The van der Waals surface area contributed by atoms with Crippen LogP contribution in [0.3, 0.4) is 0 Å². The van der Waals surface area contributed by atoms with Gasteiger partial charge in [0.2, 0.25) is 0 Å². The summed E-state index contributed by atoms with van der Waals surface area (Å²) in [5.74, 6) is 0.560. The maximum absolute atomic E-state index is 3.36. The minimum atomic E-state index is 0. The molecule has 2 rings (SSSR count). The number of allylic oxidation sites excluding steroid dienone is 8. The van der Waals surface area contributed by atoms with Crippen LogP contribution in [0.2, 0.25) is 0 Å². The van der Waals surface area contributed by atoms with E-state index in [1.54, 1.807) is 0 Å². The first-order valence-electron chi connectivity index (χ1n) is 5.54. The molecule has 0 fully saturated rings. The third kappa shape index (κ3) is 7.12. The fraction of sp³-hybridized carbons (Fsp3) is 0.467. The third-order valence-corrected chi connectivity index (χ3v) is 3.10. The Morgan fingerprint density at radius 1 is 1.11 bits per heavy atom. The summed E-state index contributed by atoms with van der Waals surface area (Å²) < 4.78 is 0. The number of hydrogen-bond acceptors (Lipinski definition) is 0. The van der Waals surface area contributed by atoms with E-state index in [1.165, 1.54) is 22.3 Å². The minimum absolute atomic E-state index is 0. The van der Waals surface area contributed by atoms with Gasteiger partial charge in [-0.05, 0) is 0 Å². The zero-order valence-corrected chi connectivity index (χ0v) is 15.8. The molecular weight excluding hydrogens is 342 g/mol. The van der Waals surface area contributed by atoms with Crippen LogP contribution in [-0.2, 0) is 26.2 Å². The summed E-state index contributed by atoms with van der Waals surface area (Å²) >= 11 is 0. The largest absolute Gasteiger partial charge is 2.00 e. The Morgan fingerprint density at radius 3 is 1.78 bits per heavy atom. The van der Waals surface area contributed by atoms with Gasteiger partial charge in [0.25, 0.3) is 0 Å². The van der Waals surface area contributed by atoms with Crippen LogP contribution in [0.4, 0.5) is 0 Å². The Kier molecular flexibility index (Phi) is 14.7. The second kappa shape index (κ2) is 11.3. The predicted octanol–water partition coefficient (Wildman–Crippen LogP) is 5.26. The average molecular weight is 364 g/mol. The van der Waals surface area contributed by atoms with Gasteiger partial charge >= 0.3 is 26.2 Å². The Balaban J connectivity index is -0.000000225. The monoisotopic (exact) mass is 362 g/mol. The summed E-state index contributed by atoms with van der Waals surface area (Å²) in [7, 11) is 0. The van der Waals surface area contributed by atoms with E-state index in [0.29, 0.717) is 5.92 Å². The van der Waals surface area contributed by atoms with Crippen molar-refractivity contribution < 1.29 is 26.2 Å². The molecule has 0 saturated carbocycles. The van der Waals surface area contributed by atoms with Gasteiger partial charge in [-0.15, -0.1) is 38.2 Å². The quantitative estimate of drug-likeness (QED) is 0.515. The first-order chi connectivity index (χ1) is 7.02. The molecule has 0 aliphatic heterocycles. The van der Waals surface area contributed by atoms with Crippen molar-refractivity contribution >= 4 is 24.8 Å². The molecule has 0 saturated heterocycles. The second-order valence-corrected chi connectivity index (χ2v) is 4.27. The molecule has 0 nitrogen and oxygen atoms in total. The SMILES string of the molecule is CC1=[C-]C(C)C(C)=C1C.CC1=[C-]CC=C1.Cl.Cl.[Zr+2]. The molecule has 3 heteroatoms. The van der Waals surface area contributed by atoms with Crippen molar-refractivity contribution in [2.45, 2.75) is 41.0 Å². The van der Waals surface area contributed by atoms with Crippen LogP contribution >= 0.6 is 24.8 Å². The second-order valence-electron chi connectivity index (χ2n) is 4.27. The Bertz CT molecular complexity index is 360. The summed E-state index contributed by atoms with van der Waals surface area (Å²) in [6, 6.07) is 0. The van der Waals surface area contributed by atoms with Gasteiger partial charge in [-0.2, -0.15) is 17.2 Å². The van der Waals surface area contributed by atoms with Gasteiger partial charge < -0.3 is 0 Å². The molecule has 1 atom stereocenters. The molecule has 2 aliphatic carbocycles. The fourth-order valence-corrected chi connectivity index (χ4v) is 1.68. The Hall–Kier alpha value is 0.423. The molecule has 0 radical (unpaired) electrons. The van der Waals surface area contributed by atoms with Gasteiger partial charge in [0, 0.05) is 0 Å². The maximum atomic E-state index is 3.36. The Morgan fingerprint density at radius 2 is 1.67 bits per heavy atom. The topological polar surface area (TPSA) is 0 Å². The molecule has 100 valence electrons. The zero-order chi connectivity index (χ0) is 11.4. The van der Waals surface area contributed by atoms with E-state index in [0.717, 1.165) is 6.42 Å². The van der Waals surface area contributed by atoms with Gasteiger partial charge in [-0.25, -0.2) is 17.2 Å². The Labute approximate surface area is 144 Å². The molecule has 0 aromatic carbocycles.